The quantitative estimate of drug-likeness (QED) is 0.691. The molecule has 0 aliphatic rings. The highest BCUT2D eigenvalue weighted by Crippen LogP contribution is 2.36. The van der Waals surface area contributed by atoms with Crippen molar-refractivity contribution in [3.63, 3.8) is 0 Å². The molecule has 0 saturated heterocycles. The fraction of sp³-hybridized carbons (Fsp3) is 0.0556. The largest absolute Gasteiger partial charge is 0.508 e. The van der Waals surface area contributed by atoms with Gasteiger partial charge in [-0.2, -0.15) is 0 Å². The van der Waals surface area contributed by atoms with Crippen LogP contribution in [0.4, 0.5) is 4.39 Å². The molecule has 3 aromatic rings. The Morgan fingerprint density at radius 1 is 1.04 bits per heavy atom. The van der Waals surface area contributed by atoms with Gasteiger partial charge in [-0.15, -0.1) is 0 Å². The molecule has 3 rings (SSSR count). The molecule has 116 valence electrons. The number of fused-ring (bicyclic) bond motifs is 1. The maximum atomic E-state index is 13.2. The zero-order valence-corrected chi connectivity index (χ0v) is 12.0. The number of phenolic OH excluding ortho intramolecular Hbond substituents is 1. The molecule has 3 aromatic carbocycles. The molecule has 0 unspecified atom stereocenters. The number of carboxylic acid groups (broad SMARTS) is 1. The van der Waals surface area contributed by atoms with E-state index < -0.39 is 18.4 Å². The average molecular weight is 312 g/mol. The average Bonchev–Trinajstić information content (AvgIpc) is 2.53. The SMILES string of the molecule is O=C(O)c1cc2cc(O)ccc2c(-c2ccc(F)cc2)c1CO. The zero-order valence-electron chi connectivity index (χ0n) is 12.0. The van der Waals surface area contributed by atoms with Gasteiger partial charge in [0.2, 0.25) is 0 Å². The van der Waals surface area contributed by atoms with Crippen molar-refractivity contribution >= 4 is 16.7 Å². The van der Waals surface area contributed by atoms with Crippen LogP contribution in [0.2, 0.25) is 0 Å². The van der Waals surface area contributed by atoms with Gasteiger partial charge in [0.25, 0.3) is 0 Å². The number of hydrogen-bond donors (Lipinski definition) is 3. The molecule has 5 heteroatoms. The Morgan fingerprint density at radius 3 is 2.35 bits per heavy atom. The predicted octanol–water partition coefficient (Wildman–Crippen LogP) is 3.54. The number of rotatable bonds is 3. The smallest absolute Gasteiger partial charge is 0.336 e. The van der Waals surface area contributed by atoms with Gasteiger partial charge in [0.05, 0.1) is 12.2 Å². The highest BCUT2D eigenvalue weighted by Gasteiger charge is 2.19. The van der Waals surface area contributed by atoms with Crippen LogP contribution in [0.5, 0.6) is 5.75 Å². The minimum absolute atomic E-state index is 0.00985. The van der Waals surface area contributed by atoms with Crippen molar-refractivity contribution in [1.82, 2.24) is 0 Å². The van der Waals surface area contributed by atoms with Crippen LogP contribution in [0.1, 0.15) is 15.9 Å². The molecule has 0 saturated carbocycles. The lowest BCUT2D eigenvalue weighted by Crippen LogP contribution is -2.05. The summed E-state index contributed by atoms with van der Waals surface area (Å²) in [5, 5.41) is 29.9. The molecular formula is C18H13FO4. The Hall–Kier alpha value is -2.92. The summed E-state index contributed by atoms with van der Waals surface area (Å²) < 4.78 is 13.2. The van der Waals surface area contributed by atoms with Gasteiger partial charge in [0.1, 0.15) is 11.6 Å². The summed E-state index contributed by atoms with van der Waals surface area (Å²) in [5.74, 6) is -1.58. The summed E-state index contributed by atoms with van der Waals surface area (Å²) in [6, 6.07) is 11.6. The first-order chi connectivity index (χ1) is 11.0. The molecule has 0 aliphatic heterocycles. The summed E-state index contributed by atoms with van der Waals surface area (Å²) in [6.07, 6.45) is 0. The van der Waals surface area contributed by atoms with Crippen LogP contribution >= 0.6 is 0 Å². The van der Waals surface area contributed by atoms with Crippen LogP contribution in [0.25, 0.3) is 21.9 Å². The van der Waals surface area contributed by atoms with Gasteiger partial charge in [-0.25, -0.2) is 9.18 Å². The molecule has 0 bridgehead atoms. The molecule has 0 aromatic heterocycles. The summed E-state index contributed by atoms with van der Waals surface area (Å²) in [5.41, 5.74) is 1.31. The van der Waals surface area contributed by atoms with Gasteiger partial charge in [0.15, 0.2) is 0 Å². The molecule has 0 amide bonds. The first-order valence-electron chi connectivity index (χ1n) is 6.90. The molecule has 0 spiro atoms. The third-order valence-corrected chi connectivity index (χ3v) is 3.75. The Bertz CT molecular complexity index is 901. The second-order valence-electron chi connectivity index (χ2n) is 5.15. The first-order valence-corrected chi connectivity index (χ1v) is 6.90. The number of aromatic hydroxyl groups is 1. The molecule has 3 N–H and O–H groups in total. The van der Waals surface area contributed by atoms with Crippen molar-refractivity contribution in [3.05, 3.63) is 65.5 Å². The van der Waals surface area contributed by atoms with Crippen molar-refractivity contribution in [2.75, 3.05) is 0 Å². The molecule has 4 nitrogen and oxygen atoms in total. The lowest BCUT2D eigenvalue weighted by Gasteiger charge is -2.15. The van der Waals surface area contributed by atoms with E-state index in [0.717, 1.165) is 0 Å². The van der Waals surface area contributed by atoms with Gasteiger partial charge >= 0.3 is 5.97 Å². The fourth-order valence-electron chi connectivity index (χ4n) is 2.74. The van der Waals surface area contributed by atoms with E-state index in [2.05, 4.69) is 0 Å². The zero-order chi connectivity index (χ0) is 16.6. The highest BCUT2D eigenvalue weighted by molar-refractivity contribution is 6.05. The number of aliphatic hydroxyl groups excluding tert-OH is 1. The first kappa shape index (κ1) is 15.0. The lowest BCUT2D eigenvalue weighted by atomic mass is 9.90. The number of carbonyl (C=O) groups is 1. The van der Waals surface area contributed by atoms with Crippen LogP contribution in [0.3, 0.4) is 0 Å². The minimum atomic E-state index is -1.18. The van der Waals surface area contributed by atoms with Crippen molar-refractivity contribution in [2.24, 2.45) is 0 Å². The van der Waals surface area contributed by atoms with Gasteiger partial charge in [-0.1, -0.05) is 18.2 Å². The van der Waals surface area contributed by atoms with Crippen molar-refractivity contribution in [2.45, 2.75) is 6.61 Å². The number of halogens is 1. The van der Waals surface area contributed by atoms with Gasteiger partial charge in [-0.05, 0) is 52.2 Å². The van der Waals surface area contributed by atoms with E-state index >= 15 is 0 Å². The van der Waals surface area contributed by atoms with Crippen molar-refractivity contribution in [1.29, 1.82) is 0 Å². The number of aliphatic hydroxyl groups is 1. The van der Waals surface area contributed by atoms with E-state index in [1.165, 1.54) is 42.5 Å². The summed E-state index contributed by atoms with van der Waals surface area (Å²) >= 11 is 0. The second-order valence-corrected chi connectivity index (χ2v) is 5.15. The van der Waals surface area contributed by atoms with Gasteiger partial charge in [-0.3, -0.25) is 0 Å². The Balaban J connectivity index is 2.45. The van der Waals surface area contributed by atoms with Gasteiger partial charge in [0, 0.05) is 5.56 Å². The van der Waals surface area contributed by atoms with E-state index in [-0.39, 0.29) is 16.9 Å². The summed E-state index contributed by atoms with van der Waals surface area (Å²) in [7, 11) is 0. The van der Waals surface area contributed by atoms with E-state index in [4.69, 9.17) is 0 Å². The normalized spacial score (nSPS) is 10.9. The fourth-order valence-corrected chi connectivity index (χ4v) is 2.74. The molecule has 23 heavy (non-hydrogen) atoms. The third kappa shape index (κ3) is 2.62. The second kappa shape index (κ2) is 5.70. The van der Waals surface area contributed by atoms with Crippen LogP contribution < -0.4 is 0 Å². The molecule has 0 fully saturated rings. The summed E-state index contributed by atoms with van der Waals surface area (Å²) in [4.78, 5) is 11.5. The van der Waals surface area contributed by atoms with Crippen LogP contribution in [-0.4, -0.2) is 21.3 Å². The molecule has 0 heterocycles. The Morgan fingerprint density at radius 2 is 1.74 bits per heavy atom. The monoisotopic (exact) mass is 312 g/mol. The number of benzene rings is 3. The van der Waals surface area contributed by atoms with Gasteiger partial charge < -0.3 is 15.3 Å². The van der Waals surface area contributed by atoms with E-state index in [1.807, 2.05) is 0 Å². The standard InChI is InChI=1S/C18H13FO4/c19-12-3-1-10(2-4-12)17-14-6-5-13(21)7-11(14)8-15(18(22)23)16(17)9-20/h1-8,20-21H,9H2,(H,22,23). The number of aromatic carboxylic acids is 1. The Labute approximate surface area is 131 Å². The topological polar surface area (TPSA) is 77.8 Å². The lowest BCUT2D eigenvalue weighted by molar-refractivity contribution is 0.0693. The van der Waals surface area contributed by atoms with Crippen LogP contribution in [-0.2, 0) is 6.61 Å². The van der Waals surface area contributed by atoms with Crippen molar-refractivity contribution < 1.29 is 24.5 Å². The predicted molar refractivity (Wildman–Crippen MR) is 83.9 cm³/mol. The third-order valence-electron chi connectivity index (χ3n) is 3.75. The molecule has 0 radical (unpaired) electrons. The summed E-state index contributed by atoms with van der Waals surface area (Å²) in [6.45, 7) is -0.467. The highest BCUT2D eigenvalue weighted by atomic mass is 19.1. The van der Waals surface area contributed by atoms with Crippen LogP contribution in [0.15, 0.2) is 48.5 Å². The maximum Gasteiger partial charge on any atom is 0.336 e. The Kier molecular flexibility index (Phi) is 3.72. The molecule has 0 aliphatic carbocycles. The minimum Gasteiger partial charge on any atom is -0.508 e. The number of carboxylic acids is 1. The van der Waals surface area contributed by atoms with E-state index in [0.29, 0.717) is 21.9 Å². The van der Waals surface area contributed by atoms with E-state index in [9.17, 15) is 24.5 Å². The van der Waals surface area contributed by atoms with Crippen LogP contribution in [0, 0.1) is 5.82 Å². The molecular weight excluding hydrogens is 299 g/mol. The number of phenols is 1. The molecule has 0 atom stereocenters. The van der Waals surface area contributed by atoms with Crippen molar-refractivity contribution in [3.8, 4) is 16.9 Å². The number of hydrogen-bond acceptors (Lipinski definition) is 3. The van der Waals surface area contributed by atoms with E-state index in [1.54, 1.807) is 6.07 Å². The maximum absolute atomic E-state index is 13.2.